The number of hydrogen-bond donors (Lipinski definition) is 1. The maximum Gasteiger partial charge on any atom is 0.0456 e. The molecule has 18 heavy (non-hydrogen) atoms. The van der Waals surface area contributed by atoms with Crippen molar-refractivity contribution in [2.45, 2.75) is 47.0 Å². The summed E-state index contributed by atoms with van der Waals surface area (Å²) in [6.45, 7) is 11.7. The smallest absolute Gasteiger partial charge is 0.0456 e. The Labute approximate surface area is 111 Å². The lowest BCUT2D eigenvalue weighted by Crippen LogP contribution is -2.21. The van der Waals surface area contributed by atoms with E-state index < -0.39 is 0 Å². The van der Waals surface area contributed by atoms with Crippen LogP contribution in [0.25, 0.3) is 10.9 Å². The molecule has 0 spiro atoms. The first-order chi connectivity index (χ1) is 8.42. The first-order valence-corrected chi connectivity index (χ1v) is 6.98. The van der Waals surface area contributed by atoms with Crippen molar-refractivity contribution in [2.75, 3.05) is 0 Å². The summed E-state index contributed by atoms with van der Waals surface area (Å²) in [6.07, 6.45) is 3.41. The van der Waals surface area contributed by atoms with Gasteiger partial charge in [0.15, 0.2) is 0 Å². The van der Waals surface area contributed by atoms with Crippen molar-refractivity contribution in [3.8, 4) is 0 Å². The van der Waals surface area contributed by atoms with Crippen molar-refractivity contribution in [3.63, 3.8) is 0 Å². The van der Waals surface area contributed by atoms with Gasteiger partial charge >= 0.3 is 0 Å². The predicted octanol–water partition coefficient (Wildman–Crippen LogP) is 5.34. The lowest BCUT2D eigenvalue weighted by atomic mass is 9.73. The molecule has 1 aromatic carbocycles. The molecular formula is C17H25N. The van der Waals surface area contributed by atoms with Gasteiger partial charge in [0.2, 0.25) is 0 Å². The molecule has 0 radical (unpaired) electrons. The van der Waals surface area contributed by atoms with E-state index in [-0.39, 0.29) is 0 Å². The van der Waals surface area contributed by atoms with Gasteiger partial charge in [-0.05, 0) is 35.3 Å². The minimum Gasteiger partial charge on any atom is -0.361 e. The van der Waals surface area contributed by atoms with Gasteiger partial charge < -0.3 is 4.98 Å². The van der Waals surface area contributed by atoms with Gasteiger partial charge in [-0.1, -0.05) is 52.8 Å². The van der Waals surface area contributed by atoms with Crippen molar-refractivity contribution in [1.82, 2.24) is 4.98 Å². The highest BCUT2D eigenvalue weighted by Crippen LogP contribution is 2.38. The maximum absolute atomic E-state index is 3.38. The molecule has 0 bridgehead atoms. The van der Waals surface area contributed by atoms with Crippen LogP contribution in [0.4, 0.5) is 0 Å². The van der Waals surface area contributed by atoms with E-state index in [1.165, 1.54) is 22.9 Å². The second-order valence-corrected chi connectivity index (χ2v) is 6.54. The number of fused-ring (bicyclic) bond motifs is 1. The second-order valence-electron chi connectivity index (χ2n) is 6.54. The lowest BCUT2D eigenvalue weighted by molar-refractivity contribution is 0.215. The molecule has 0 saturated heterocycles. The van der Waals surface area contributed by atoms with E-state index in [2.05, 4.69) is 70.1 Å². The molecule has 98 valence electrons. The predicted molar refractivity (Wildman–Crippen MR) is 79.9 cm³/mol. The number of benzene rings is 1. The third kappa shape index (κ3) is 2.45. The van der Waals surface area contributed by atoms with Crippen LogP contribution in [0.2, 0.25) is 0 Å². The Morgan fingerprint density at radius 3 is 2.44 bits per heavy atom. The van der Waals surface area contributed by atoms with E-state index in [0.29, 0.717) is 17.3 Å². The van der Waals surface area contributed by atoms with E-state index in [0.717, 1.165) is 0 Å². The quantitative estimate of drug-likeness (QED) is 0.745. The van der Waals surface area contributed by atoms with Crippen molar-refractivity contribution in [3.05, 3.63) is 36.0 Å². The average molecular weight is 243 g/mol. The second kappa shape index (κ2) is 4.79. The van der Waals surface area contributed by atoms with Crippen LogP contribution >= 0.6 is 0 Å². The van der Waals surface area contributed by atoms with Crippen LogP contribution in [0.3, 0.4) is 0 Å². The summed E-state index contributed by atoms with van der Waals surface area (Å²) in [4.78, 5) is 3.38. The van der Waals surface area contributed by atoms with Crippen LogP contribution in [-0.4, -0.2) is 4.98 Å². The molecule has 1 N–H and O–H groups in total. The average Bonchev–Trinajstić information content (AvgIpc) is 2.71. The first kappa shape index (κ1) is 13.2. The highest BCUT2D eigenvalue weighted by atomic mass is 14.7. The molecular weight excluding hydrogens is 218 g/mol. The van der Waals surface area contributed by atoms with Crippen molar-refractivity contribution in [2.24, 2.45) is 11.3 Å². The summed E-state index contributed by atoms with van der Waals surface area (Å²) in [6, 6.07) is 8.59. The number of para-hydroxylation sites is 1. The molecule has 1 atom stereocenters. The Hall–Kier alpha value is -1.24. The Kier molecular flexibility index (Phi) is 3.52. The number of H-pyrrole nitrogens is 1. The fourth-order valence-corrected chi connectivity index (χ4v) is 2.64. The Bertz CT molecular complexity index is 519. The first-order valence-electron chi connectivity index (χ1n) is 6.98. The van der Waals surface area contributed by atoms with Gasteiger partial charge in [0.05, 0.1) is 0 Å². The lowest BCUT2D eigenvalue weighted by Gasteiger charge is -2.32. The zero-order valence-electron chi connectivity index (χ0n) is 12.2. The van der Waals surface area contributed by atoms with Crippen LogP contribution < -0.4 is 0 Å². The molecule has 0 aliphatic rings. The Balaban J connectivity index is 2.26. The number of aromatic nitrogens is 1. The molecule has 1 nitrogen and oxygen atoms in total. The van der Waals surface area contributed by atoms with E-state index in [9.17, 15) is 0 Å². The van der Waals surface area contributed by atoms with Crippen molar-refractivity contribution in [1.29, 1.82) is 0 Å². The fraction of sp³-hybridized carbons (Fsp3) is 0.529. The highest BCUT2D eigenvalue weighted by molar-refractivity contribution is 5.83. The van der Waals surface area contributed by atoms with Gasteiger partial charge in [-0.25, -0.2) is 0 Å². The van der Waals surface area contributed by atoms with E-state index in [4.69, 9.17) is 0 Å². The highest BCUT2D eigenvalue weighted by Gasteiger charge is 2.26. The molecule has 1 heteroatoms. The monoisotopic (exact) mass is 243 g/mol. The standard InChI is InChI=1S/C17H25N/c1-12(2)17(4,5)10-13(3)15-11-18-16-9-7-6-8-14(15)16/h6-9,11-13,18H,10H2,1-5H3. The molecule has 2 rings (SSSR count). The molecule has 2 aromatic rings. The Morgan fingerprint density at radius 1 is 1.11 bits per heavy atom. The van der Waals surface area contributed by atoms with Gasteiger partial charge in [0.1, 0.15) is 0 Å². The SMILES string of the molecule is CC(CC(C)(C)C(C)C)c1c[nH]c2ccccc12. The normalized spacial score (nSPS) is 14.3. The van der Waals surface area contributed by atoms with Gasteiger partial charge in [-0.2, -0.15) is 0 Å². The number of hydrogen-bond acceptors (Lipinski definition) is 0. The number of aromatic amines is 1. The molecule has 1 heterocycles. The van der Waals surface area contributed by atoms with Crippen molar-refractivity contribution < 1.29 is 0 Å². The van der Waals surface area contributed by atoms with Crippen LogP contribution in [0.5, 0.6) is 0 Å². The van der Waals surface area contributed by atoms with Gasteiger partial charge in [0, 0.05) is 17.1 Å². The summed E-state index contributed by atoms with van der Waals surface area (Å²) in [5, 5.41) is 1.38. The maximum atomic E-state index is 3.38. The van der Waals surface area contributed by atoms with Crippen LogP contribution in [0.1, 0.15) is 52.5 Å². The zero-order chi connectivity index (χ0) is 13.3. The van der Waals surface area contributed by atoms with E-state index in [1.807, 2.05) is 0 Å². The molecule has 0 amide bonds. The van der Waals surface area contributed by atoms with E-state index in [1.54, 1.807) is 0 Å². The molecule has 0 aliphatic carbocycles. The van der Waals surface area contributed by atoms with Gasteiger partial charge in [0.25, 0.3) is 0 Å². The minimum absolute atomic E-state index is 0.387. The molecule has 1 unspecified atom stereocenters. The fourth-order valence-electron chi connectivity index (χ4n) is 2.64. The molecule has 0 saturated carbocycles. The third-order valence-corrected chi connectivity index (χ3v) is 4.55. The zero-order valence-corrected chi connectivity index (χ0v) is 12.2. The number of rotatable bonds is 4. The largest absolute Gasteiger partial charge is 0.361 e. The Morgan fingerprint density at radius 2 is 1.78 bits per heavy atom. The molecule has 1 aromatic heterocycles. The van der Waals surface area contributed by atoms with Crippen LogP contribution in [0, 0.1) is 11.3 Å². The molecule has 0 aliphatic heterocycles. The topological polar surface area (TPSA) is 15.8 Å². The summed E-state index contributed by atoms with van der Waals surface area (Å²) >= 11 is 0. The van der Waals surface area contributed by atoms with Gasteiger partial charge in [-0.3, -0.25) is 0 Å². The van der Waals surface area contributed by atoms with Crippen LogP contribution in [0.15, 0.2) is 30.5 Å². The van der Waals surface area contributed by atoms with Gasteiger partial charge in [-0.15, -0.1) is 0 Å². The summed E-state index contributed by atoms with van der Waals surface area (Å²) in [5.74, 6) is 1.31. The number of nitrogens with one attached hydrogen (secondary N) is 1. The summed E-state index contributed by atoms with van der Waals surface area (Å²) in [7, 11) is 0. The molecule has 0 fully saturated rings. The van der Waals surface area contributed by atoms with Crippen LogP contribution in [-0.2, 0) is 0 Å². The summed E-state index contributed by atoms with van der Waals surface area (Å²) in [5.41, 5.74) is 3.10. The van der Waals surface area contributed by atoms with Crippen molar-refractivity contribution >= 4 is 10.9 Å². The summed E-state index contributed by atoms with van der Waals surface area (Å²) < 4.78 is 0. The third-order valence-electron chi connectivity index (χ3n) is 4.55. The minimum atomic E-state index is 0.387. The van der Waals surface area contributed by atoms with E-state index >= 15 is 0 Å².